The zero-order valence-electron chi connectivity index (χ0n) is 6.55. The third-order valence-electron chi connectivity index (χ3n) is 0.707. The Hall–Kier alpha value is -1.35. The fraction of sp³-hybridized carbons (Fsp3) is 0.500. The van der Waals surface area contributed by atoms with Gasteiger partial charge in [0.2, 0.25) is 0 Å². The third kappa shape index (κ3) is 28.7. The summed E-state index contributed by atoms with van der Waals surface area (Å²) in [6.07, 6.45) is 5.54. The van der Waals surface area contributed by atoms with Crippen LogP contribution in [0.25, 0.3) is 0 Å². The maximum atomic E-state index is 10.4. The lowest BCUT2D eigenvalue weighted by Gasteiger charge is -1.75. The number of alkyl halides is 1. The Labute approximate surface area is 66.6 Å². The first kappa shape index (κ1) is 12.3. The molecule has 0 heterocycles. The molecule has 0 spiro atoms. The molecule has 0 N–H and O–H groups in total. The van der Waals surface area contributed by atoms with Gasteiger partial charge >= 0.3 is 0 Å². The first-order chi connectivity index (χ1) is 5.33. The molecule has 2 nitrogen and oxygen atoms in total. The number of hydrogen-bond acceptors (Lipinski definition) is 2. The number of hydrogen-bond donors (Lipinski definition) is 0. The second-order valence-electron chi connectivity index (χ2n) is 1.61. The van der Waals surface area contributed by atoms with Gasteiger partial charge in [0, 0.05) is 6.08 Å². The largest absolute Gasteiger partial charge is 0.235 e. The molecular formula is C8H11FN2. The molecule has 60 valence electrons. The van der Waals surface area contributed by atoms with Gasteiger partial charge in [-0.1, -0.05) is 19.4 Å². The van der Waals surface area contributed by atoms with E-state index < -0.39 is 6.67 Å². The molecule has 0 saturated carbocycles. The van der Waals surface area contributed by atoms with E-state index in [1.165, 1.54) is 12.1 Å². The van der Waals surface area contributed by atoms with Gasteiger partial charge in [-0.3, -0.25) is 0 Å². The maximum absolute atomic E-state index is 10.4. The van der Waals surface area contributed by atoms with Gasteiger partial charge in [-0.05, 0) is 6.42 Å². The highest BCUT2D eigenvalue weighted by Crippen LogP contribution is 1.85. The van der Waals surface area contributed by atoms with Crippen molar-refractivity contribution < 1.29 is 4.39 Å². The Bertz CT molecular complexity index is 162. The molecule has 0 aromatic carbocycles. The van der Waals surface area contributed by atoms with Gasteiger partial charge < -0.3 is 0 Å². The lowest BCUT2D eigenvalue weighted by molar-refractivity contribution is 0.569. The van der Waals surface area contributed by atoms with Gasteiger partial charge in [0.05, 0.1) is 12.1 Å². The average Bonchev–Trinajstić information content (AvgIpc) is 2.06. The molecule has 0 radical (unpaired) electrons. The minimum absolute atomic E-state index is 0.875. The van der Waals surface area contributed by atoms with Gasteiger partial charge in [-0.2, -0.15) is 10.5 Å². The number of unbranched alkanes of at least 4 members (excludes halogenated alkanes) is 1. The number of rotatable bonds is 2. The zero-order valence-corrected chi connectivity index (χ0v) is 6.55. The topological polar surface area (TPSA) is 47.6 Å². The van der Waals surface area contributed by atoms with E-state index in [1.54, 1.807) is 0 Å². The Morgan fingerprint density at radius 1 is 1.45 bits per heavy atom. The Morgan fingerprint density at radius 3 is 2.27 bits per heavy atom. The van der Waals surface area contributed by atoms with Crippen LogP contribution in [-0.4, -0.2) is 6.67 Å². The van der Waals surface area contributed by atoms with E-state index in [0.717, 1.165) is 12.8 Å². The fourth-order valence-electron chi connectivity index (χ4n) is 0.303. The number of halogens is 1. The third-order valence-corrected chi connectivity index (χ3v) is 0.707. The number of allylic oxidation sites excluding steroid dienone is 2. The lowest BCUT2D eigenvalue weighted by atomic mass is 10.3. The van der Waals surface area contributed by atoms with Crippen LogP contribution in [0.3, 0.4) is 0 Å². The first-order valence-corrected chi connectivity index (χ1v) is 3.31. The van der Waals surface area contributed by atoms with E-state index in [4.69, 9.17) is 10.5 Å². The van der Waals surface area contributed by atoms with E-state index in [2.05, 4.69) is 6.92 Å². The molecule has 11 heavy (non-hydrogen) atoms. The Kier molecular flexibility index (Phi) is 17.8. The summed E-state index contributed by atoms with van der Waals surface area (Å²) in [5.74, 6) is 0. The summed E-state index contributed by atoms with van der Waals surface area (Å²) < 4.78 is 10.4. The monoisotopic (exact) mass is 154 g/mol. The molecule has 0 saturated heterocycles. The van der Waals surface area contributed by atoms with E-state index in [9.17, 15) is 4.39 Å². The van der Waals surface area contributed by atoms with Crippen molar-refractivity contribution in [1.29, 1.82) is 10.5 Å². The first-order valence-electron chi connectivity index (χ1n) is 3.31. The van der Waals surface area contributed by atoms with Crippen LogP contribution < -0.4 is 0 Å². The zero-order chi connectivity index (χ0) is 8.95. The second-order valence-corrected chi connectivity index (χ2v) is 1.61. The molecule has 0 rings (SSSR count). The molecule has 3 heteroatoms. The highest BCUT2D eigenvalue weighted by molar-refractivity contribution is 5.00. The Morgan fingerprint density at radius 2 is 2.00 bits per heavy atom. The molecule has 0 aromatic rings. The average molecular weight is 154 g/mol. The summed E-state index contributed by atoms with van der Waals surface area (Å²) in [5.41, 5.74) is 0. The summed E-state index contributed by atoms with van der Waals surface area (Å²) in [7, 11) is 0. The molecule has 0 aliphatic rings. The molecule has 0 amide bonds. The van der Waals surface area contributed by atoms with Crippen molar-refractivity contribution in [2.45, 2.75) is 19.8 Å². The fourth-order valence-corrected chi connectivity index (χ4v) is 0.303. The van der Waals surface area contributed by atoms with Crippen LogP contribution in [0.4, 0.5) is 4.39 Å². The standard InChI is InChI=1S/C6H9N.C2H2FN/c1-2-3-4-5-6-7;3-1-2-4/h4-5H,2-3H2,1H3;1H2. The van der Waals surface area contributed by atoms with Crippen molar-refractivity contribution in [1.82, 2.24) is 0 Å². The van der Waals surface area contributed by atoms with Crippen LogP contribution in [0.15, 0.2) is 12.2 Å². The summed E-state index contributed by atoms with van der Waals surface area (Å²) in [5, 5.41) is 15.2. The highest BCUT2D eigenvalue weighted by atomic mass is 19.1. The molecule has 0 fully saturated rings. The van der Waals surface area contributed by atoms with Crippen LogP contribution in [0.5, 0.6) is 0 Å². The van der Waals surface area contributed by atoms with Crippen LogP contribution >= 0.6 is 0 Å². The summed E-state index contributed by atoms with van der Waals surface area (Å²) >= 11 is 0. The summed E-state index contributed by atoms with van der Waals surface area (Å²) in [6.45, 7) is 1.21. The summed E-state index contributed by atoms with van der Waals surface area (Å²) in [6, 6.07) is 3.19. The van der Waals surface area contributed by atoms with Crippen molar-refractivity contribution in [3.63, 3.8) is 0 Å². The molecular weight excluding hydrogens is 143 g/mol. The predicted octanol–water partition coefficient (Wildman–Crippen LogP) is 2.35. The second kappa shape index (κ2) is 15.9. The van der Waals surface area contributed by atoms with E-state index in [-0.39, 0.29) is 0 Å². The summed E-state index contributed by atoms with van der Waals surface area (Å²) in [4.78, 5) is 0. The molecule has 0 aromatic heterocycles. The lowest BCUT2D eigenvalue weighted by Crippen LogP contribution is -1.57. The van der Waals surface area contributed by atoms with Crippen LogP contribution in [-0.2, 0) is 0 Å². The van der Waals surface area contributed by atoms with E-state index in [0.29, 0.717) is 0 Å². The molecule has 0 atom stereocenters. The van der Waals surface area contributed by atoms with Gasteiger partial charge in [-0.25, -0.2) is 4.39 Å². The smallest absolute Gasteiger partial charge is 0.176 e. The van der Waals surface area contributed by atoms with Gasteiger partial charge in [0.1, 0.15) is 0 Å². The SMILES string of the molecule is CCCC=CC#N.N#CCF. The van der Waals surface area contributed by atoms with Crippen molar-refractivity contribution in [3.05, 3.63) is 12.2 Å². The van der Waals surface area contributed by atoms with Crippen LogP contribution in [0.2, 0.25) is 0 Å². The Balaban J connectivity index is 0. The van der Waals surface area contributed by atoms with Crippen molar-refractivity contribution in [2.24, 2.45) is 0 Å². The van der Waals surface area contributed by atoms with Crippen molar-refractivity contribution >= 4 is 0 Å². The van der Waals surface area contributed by atoms with Crippen LogP contribution in [0.1, 0.15) is 19.8 Å². The highest BCUT2D eigenvalue weighted by Gasteiger charge is 1.67. The molecule has 0 unspecified atom stereocenters. The van der Waals surface area contributed by atoms with E-state index in [1.807, 2.05) is 12.1 Å². The normalized spacial score (nSPS) is 7.64. The van der Waals surface area contributed by atoms with Crippen LogP contribution in [0, 0.1) is 22.7 Å². The molecule has 0 aliphatic heterocycles. The number of nitrogens with zero attached hydrogens (tertiary/aromatic N) is 2. The minimum Gasteiger partial charge on any atom is -0.235 e. The molecule has 0 bridgehead atoms. The van der Waals surface area contributed by atoms with Crippen molar-refractivity contribution in [3.8, 4) is 12.1 Å². The maximum Gasteiger partial charge on any atom is 0.176 e. The van der Waals surface area contributed by atoms with Crippen molar-refractivity contribution in [2.75, 3.05) is 6.67 Å². The van der Waals surface area contributed by atoms with Gasteiger partial charge in [-0.15, -0.1) is 0 Å². The quantitative estimate of drug-likeness (QED) is 0.573. The minimum atomic E-state index is -0.875. The molecule has 0 aliphatic carbocycles. The number of nitriles is 2. The van der Waals surface area contributed by atoms with Gasteiger partial charge in [0.25, 0.3) is 0 Å². The van der Waals surface area contributed by atoms with E-state index >= 15 is 0 Å². The van der Waals surface area contributed by atoms with Gasteiger partial charge in [0.15, 0.2) is 6.67 Å². The predicted molar refractivity (Wildman–Crippen MR) is 41.2 cm³/mol.